The lowest BCUT2D eigenvalue weighted by atomic mass is 10.0. The molecule has 0 aromatic heterocycles. The Morgan fingerprint density at radius 2 is 1.63 bits per heavy atom. The van der Waals surface area contributed by atoms with E-state index in [1.54, 1.807) is 0 Å². The summed E-state index contributed by atoms with van der Waals surface area (Å²) in [6, 6.07) is 6.05. The quantitative estimate of drug-likeness (QED) is 0.490. The van der Waals surface area contributed by atoms with Crippen LogP contribution in [0.2, 0.25) is 0 Å². The first kappa shape index (κ1) is 22.3. The number of alkyl halides is 3. The van der Waals surface area contributed by atoms with E-state index >= 15 is 0 Å². The van der Waals surface area contributed by atoms with Crippen LogP contribution >= 0.6 is 0 Å². The van der Waals surface area contributed by atoms with Gasteiger partial charge in [0.1, 0.15) is 5.75 Å². The summed E-state index contributed by atoms with van der Waals surface area (Å²) in [6.07, 6.45) is -2.52. The second kappa shape index (κ2) is 9.61. The van der Waals surface area contributed by atoms with Crippen molar-refractivity contribution in [3.63, 3.8) is 0 Å². The first-order chi connectivity index (χ1) is 14.3. The molecule has 2 aromatic carbocycles. The summed E-state index contributed by atoms with van der Waals surface area (Å²) in [4.78, 5) is 0. The van der Waals surface area contributed by atoms with Crippen LogP contribution in [0.4, 0.5) is 22.0 Å². The Bertz CT molecular complexity index is 813. The summed E-state index contributed by atoms with van der Waals surface area (Å²) in [5.74, 6) is -4.19. The summed E-state index contributed by atoms with van der Waals surface area (Å²) >= 11 is 0. The van der Waals surface area contributed by atoms with Crippen molar-refractivity contribution in [2.24, 2.45) is 5.92 Å². The van der Waals surface area contributed by atoms with Crippen molar-refractivity contribution in [3.05, 3.63) is 59.2 Å². The molecular weight excluding hydrogens is 411 g/mol. The second-order valence-corrected chi connectivity index (χ2v) is 6.86. The highest BCUT2D eigenvalue weighted by molar-refractivity contribution is 5.36. The Balaban J connectivity index is 1.68. The van der Waals surface area contributed by atoms with Crippen molar-refractivity contribution < 1.29 is 40.9 Å². The van der Waals surface area contributed by atoms with Crippen LogP contribution in [0.5, 0.6) is 11.5 Å². The van der Waals surface area contributed by atoms with E-state index in [0.717, 1.165) is 25.0 Å². The van der Waals surface area contributed by atoms with Gasteiger partial charge in [0.2, 0.25) is 6.86 Å². The van der Waals surface area contributed by atoms with E-state index in [-0.39, 0.29) is 0 Å². The van der Waals surface area contributed by atoms with Crippen molar-refractivity contribution >= 4 is 0 Å². The number of rotatable bonds is 8. The molecule has 9 heteroatoms. The lowest BCUT2D eigenvalue weighted by molar-refractivity contribution is -0.206. The summed E-state index contributed by atoms with van der Waals surface area (Å²) in [5, 5.41) is 0. The maximum Gasteiger partial charge on any atom is 0.426 e. The third kappa shape index (κ3) is 5.20. The number of benzene rings is 2. The minimum Gasteiger partial charge on any atom is -0.457 e. The van der Waals surface area contributed by atoms with Crippen molar-refractivity contribution in [3.8, 4) is 11.5 Å². The van der Waals surface area contributed by atoms with Crippen LogP contribution in [-0.4, -0.2) is 20.1 Å². The molecule has 2 aromatic rings. The van der Waals surface area contributed by atoms with Crippen molar-refractivity contribution in [2.75, 3.05) is 20.1 Å². The van der Waals surface area contributed by atoms with Gasteiger partial charge in [-0.05, 0) is 18.6 Å². The molecule has 0 amide bonds. The van der Waals surface area contributed by atoms with E-state index in [1.165, 1.54) is 12.1 Å². The van der Waals surface area contributed by atoms with E-state index in [4.69, 9.17) is 9.47 Å². The highest BCUT2D eigenvalue weighted by atomic mass is 19.3. The zero-order valence-corrected chi connectivity index (χ0v) is 16.2. The molecule has 0 saturated carbocycles. The average molecular weight is 432 g/mol. The van der Waals surface area contributed by atoms with Crippen LogP contribution in [0.15, 0.2) is 36.4 Å². The number of hydrogen-bond acceptors (Lipinski definition) is 4. The molecule has 1 heterocycles. The summed E-state index contributed by atoms with van der Waals surface area (Å²) in [6.45, 7) is 1.66. The SMILES string of the molecule is CCCC1COC(c2ccc(C(F)(F)Oc3cc(F)c(OCF)c(F)c3)cc2)OC1. The van der Waals surface area contributed by atoms with Gasteiger partial charge in [0, 0.05) is 23.6 Å². The molecule has 4 nitrogen and oxygen atoms in total. The molecule has 0 unspecified atom stereocenters. The molecule has 0 radical (unpaired) electrons. The lowest BCUT2D eigenvalue weighted by Crippen LogP contribution is -2.27. The zero-order chi connectivity index (χ0) is 21.7. The maximum absolute atomic E-state index is 14.4. The molecular formula is C21H21F5O4. The predicted octanol–water partition coefficient (Wildman–Crippen LogP) is 5.86. The zero-order valence-electron chi connectivity index (χ0n) is 16.2. The largest absolute Gasteiger partial charge is 0.457 e. The van der Waals surface area contributed by atoms with Crippen LogP contribution in [0.1, 0.15) is 37.2 Å². The van der Waals surface area contributed by atoms with Crippen molar-refractivity contribution in [2.45, 2.75) is 32.2 Å². The number of hydrogen-bond donors (Lipinski definition) is 0. The molecule has 0 atom stereocenters. The first-order valence-electron chi connectivity index (χ1n) is 9.42. The van der Waals surface area contributed by atoms with Gasteiger partial charge < -0.3 is 18.9 Å². The Kier molecular flexibility index (Phi) is 7.14. The van der Waals surface area contributed by atoms with Gasteiger partial charge >= 0.3 is 6.11 Å². The van der Waals surface area contributed by atoms with Crippen LogP contribution in [-0.2, 0) is 15.6 Å². The third-order valence-corrected chi connectivity index (χ3v) is 4.60. The fraction of sp³-hybridized carbons (Fsp3) is 0.429. The number of ether oxygens (including phenoxy) is 4. The smallest absolute Gasteiger partial charge is 0.426 e. The van der Waals surface area contributed by atoms with Crippen LogP contribution in [0, 0.1) is 17.6 Å². The summed E-state index contributed by atoms with van der Waals surface area (Å²) in [5.41, 5.74) is 0.0325. The van der Waals surface area contributed by atoms with E-state index in [9.17, 15) is 22.0 Å². The second-order valence-electron chi connectivity index (χ2n) is 6.86. The summed E-state index contributed by atoms with van der Waals surface area (Å²) < 4.78 is 88.4. The first-order valence-corrected chi connectivity index (χ1v) is 9.42. The molecule has 1 aliphatic rings. The number of halogens is 5. The Morgan fingerprint density at radius 1 is 1.03 bits per heavy atom. The topological polar surface area (TPSA) is 36.9 Å². The van der Waals surface area contributed by atoms with Gasteiger partial charge in [-0.1, -0.05) is 25.5 Å². The fourth-order valence-electron chi connectivity index (χ4n) is 3.14. The predicted molar refractivity (Wildman–Crippen MR) is 97.0 cm³/mol. The Hall–Kier alpha value is -2.39. The van der Waals surface area contributed by atoms with Crippen molar-refractivity contribution in [1.82, 2.24) is 0 Å². The Labute approximate surface area is 170 Å². The molecule has 0 aliphatic carbocycles. The van der Waals surface area contributed by atoms with Gasteiger partial charge in [-0.2, -0.15) is 8.78 Å². The normalized spacial score (nSPS) is 19.5. The minimum absolute atomic E-state index is 0.311. The van der Waals surface area contributed by atoms with E-state index in [0.29, 0.717) is 36.8 Å². The molecule has 0 N–H and O–H groups in total. The van der Waals surface area contributed by atoms with Crippen LogP contribution < -0.4 is 9.47 Å². The van der Waals surface area contributed by atoms with E-state index < -0.39 is 48.0 Å². The maximum atomic E-state index is 14.4. The van der Waals surface area contributed by atoms with Crippen LogP contribution in [0.25, 0.3) is 0 Å². The highest BCUT2D eigenvalue weighted by Gasteiger charge is 2.35. The lowest BCUT2D eigenvalue weighted by Gasteiger charge is -2.29. The van der Waals surface area contributed by atoms with E-state index in [1.807, 2.05) is 0 Å². The monoisotopic (exact) mass is 432 g/mol. The average Bonchev–Trinajstić information content (AvgIpc) is 2.71. The van der Waals surface area contributed by atoms with Gasteiger partial charge in [-0.3, -0.25) is 0 Å². The third-order valence-electron chi connectivity index (χ3n) is 4.60. The van der Waals surface area contributed by atoms with Gasteiger partial charge in [-0.15, -0.1) is 0 Å². The van der Waals surface area contributed by atoms with E-state index in [2.05, 4.69) is 16.4 Å². The molecule has 1 fully saturated rings. The van der Waals surface area contributed by atoms with Gasteiger partial charge in [0.05, 0.1) is 18.8 Å². The highest BCUT2D eigenvalue weighted by Crippen LogP contribution is 2.36. The molecule has 1 saturated heterocycles. The molecule has 164 valence electrons. The van der Waals surface area contributed by atoms with Gasteiger partial charge in [0.15, 0.2) is 23.7 Å². The van der Waals surface area contributed by atoms with Gasteiger partial charge in [-0.25, -0.2) is 13.2 Å². The van der Waals surface area contributed by atoms with Crippen molar-refractivity contribution in [1.29, 1.82) is 0 Å². The van der Waals surface area contributed by atoms with Crippen LogP contribution in [0.3, 0.4) is 0 Å². The molecule has 1 aliphatic heterocycles. The molecule has 0 spiro atoms. The molecule has 3 rings (SSSR count). The molecule has 30 heavy (non-hydrogen) atoms. The minimum atomic E-state index is -3.87. The standard InChI is InChI=1S/C21H21F5O4/c1-2-3-13-10-27-20(28-11-13)14-4-6-15(7-5-14)21(25,26)30-16-8-17(23)19(29-12-22)18(24)9-16/h4-9,13,20H,2-3,10-12H2,1H3. The molecule has 0 bridgehead atoms. The fourth-order valence-corrected chi connectivity index (χ4v) is 3.14. The summed E-state index contributed by atoms with van der Waals surface area (Å²) in [7, 11) is 0. The Morgan fingerprint density at radius 3 is 2.17 bits per heavy atom. The van der Waals surface area contributed by atoms with Gasteiger partial charge in [0.25, 0.3) is 0 Å².